The molecule has 0 heterocycles. The highest BCUT2D eigenvalue weighted by Crippen LogP contribution is 2.39. The molecule has 1 amide bonds. The molecule has 0 saturated heterocycles. The number of amides is 1. The van der Waals surface area contributed by atoms with E-state index in [0.29, 0.717) is 34.9 Å². The van der Waals surface area contributed by atoms with Crippen LogP contribution in [0.25, 0.3) is 0 Å². The predicted octanol–water partition coefficient (Wildman–Crippen LogP) is 7.26. The van der Waals surface area contributed by atoms with Crippen molar-refractivity contribution in [3.8, 4) is 17.2 Å². The molecule has 12 heteroatoms. The summed E-state index contributed by atoms with van der Waals surface area (Å²) in [4.78, 5) is 35.5. The Hall–Kier alpha value is -4.71. The minimum Gasteiger partial charge on any atom is -0.494 e. The molecule has 1 aliphatic carbocycles. The second kappa shape index (κ2) is 14.8. The first-order valence-electron chi connectivity index (χ1n) is 14.8. The fraction of sp³-hybridized carbons (Fsp3) is 0.394. The van der Waals surface area contributed by atoms with Crippen LogP contribution in [0.1, 0.15) is 56.0 Å². The number of nitrogens with one attached hydrogen (secondary N) is 2. The Kier molecular flexibility index (Phi) is 10.9. The average molecular weight is 624 g/mol. The van der Waals surface area contributed by atoms with Crippen LogP contribution >= 0.6 is 0 Å². The third-order valence-electron chi connectivity index (χ3n) is 8.09. The molecule has 0 bridgehead atoms. The van der Waals surface area contributed by atoms with E-state index in [2.05, 4.69) is 31.4 Å². The number of ether oxygens (including phenoxy) is 3. The first-order valence-corrected chi connectivity index (χ1v) is 14.8. The summed E-state index contributed by atoms with van der Waals surface area (Å²) >= 11 is 0. The maximum absolute atomic E-state index is 15.1. The van der Waals surface area contributed by atoms with Gasteiger partial charge in [0.1, 0.15) is 29.5 Å². The molecule has 45 heavy (non-hydrogen) atoms. The first-order chi connectivity index (χ1) is 21.5. The van der Waals surface area contributed by atoms with E-state index in [1.165, 1.54) is 31.4 Å². The van der Waals surface area contributed by atoms with Crippen molar-refractivity contribution in [2.75, 3.05) is 24.4 Å². The highest BCUT2D eigenvalue weighted by atomic mass is 19.1. The Balaban J connectivity index is 1.48. The van der Waals surface area contributed by atoms with E-state index in [0.717, 1.165) is 31.4 Å². The molecule has 3 aromatic carbocycles. The van der Waals surface area contributed by atoms with Crippen molar-refractivity contribution >= 4 is 28.9 Å². The van der Waals surface area contributed by atoms with Crippen LogP contribution in [0.5, 0.6) is 17.2 Å². The van der Waals surface area contributed by atoms with Crippen LogP contribution in [-0.2, 0) is 16.1 Å². The van der Waals surface area contributed by atoms with Gasteiger partial charge in [-0.3, -0.25) is 14.9 Å². The van der Waals surface area contributed by atoms with Crippen molar-refractivity contribution < 1.29 is 38.2 Å². The van der Waals surface area contributed by atoms with Gasteiger partial charge in [0.05, 0.1) is 29.4 Å². The molecule has 0 aliphatic heterocycles. The van der Waals surface area contributed by atoms with Crippen LogP contribution in [0, 0.1) is 33.7 Å². The van der Waals surface area contributed by atoms with Gasteiger partial charge in [0.25, 0.3) is 0 Å². The number of benzene rings is 3. The largest absolute Gasteiger partial charge is 0.494 e. The lowest BCUT2D eigenvalue weighted by Gasteiger charge is -2.38. The van der Waals surface area contributed by atoms with Gasteiger partial charge in [-0.1, -0.05) is 45.7 Å². The fourth-order valence-electron chi connectivity index (χ4n) is 5.99. The summed E-state index contributed by atoms with van der Waals surface area (Å²) in [5.41, 5.74) is -0.0937. The number of rotatable bonds is 13. The normalized spacial score (nSPS) is 17.9. The number of carboxylic acid groups (broad SMARTS) is 1. The van der Waals surface area contributed by atoms with Crippen LogP contribution in [-0.4, -0.2) is 41.7 Å². The van der Waals surface area contributed by atoms with Crippen LogP contribution in [0.3, 0.4) is 0 Å². The third-order valence-corrected chi connectivity index (χ3v) is 8.09. The minimum atomic E-state index is -1.31. The maximum Gasteiger partial charge on any atom is 0.339 e. The molecule has 1 aliphatic rings. The first kappa shape index (κ1) is 33.2. The number of carbonyl (C=O) groups excluding carboxylic acids is 1. The van der Waals surface area contributed by atoms with E-state index in [1.54, 1.807) is 18.2 Å². The number of carbonyl (C=O) groups is 2. The second-order valence-corrected chi connectivity index (χ2v) is 11.4. The summed E-state index contributed by atoms with van der Waals surface area (Å²) in [6.45, 7) is 6.26. The van der Waals surface area contributed by atoms with Crippen molar-refractivity contribution in [3.05, 3.63) is 81.7 Å². The van der Waals surface area contributed by atoms with E-state index in [9.17, 15) is 24.8 Å². The standard InChI is InChI=1S/C33H38FN3O8/c1-19(2)31-20(3)8-7-11-28(31)44-18-30(38)36-25-14-12-21(16-29(25)43-4)35-17-23-24(34)13-15-26(37(41)42)32(23)45-27-10-6-5-9-22(27)33(39)40/h5-6,9-10,12-16,19-20,28,31,35H,7-8,11,17-18H2,1-4H3,(H,36,38)(H,39,40). The maximum atomic E-state index is 15.1. The number of anilines is 2. The van der Waals surface area contributed by atoms with Gasteiger partial charge >= 0.3 is 11.7 Å². The molecule has 3 atom stereocenters. The fourth-order valence-corrected chi connectivity index (χ4v) is 5.99. The van der Waals surface area contributed by atoms with Crippen LogP contribution in [0.2, 0.25) is 0 Å². The minimum absolute atomic E-state index is 0.0219. The molecule has 1 fully saturated rings. The summed E-state index contributed by atoms with van der Waals surface area (Å²) < 4.78 is 32.3. The number of nitrogens with zero attached hydrogens (tertiary/aromatic N) is 1. The van der Waals surface area contributed by atoms with Crippen LogP contribution < -0.4 is 20.1 Å². The van der Waals surface area contributed by atoms with Crippen LogP contribution in [0.15, 0.2) is 54.6 Å². The van der Waals surface area contributed by atoms with E-state index >= 15 is 4.39 Å². The predicted molar refractivity (Wildman–Crippen MR) is 167 cm³/mol. The highest BCUT2D eigenvalue weighted by Gasteiger charge is 2.34. The topological polar surface area (TPSA) is 149 Å². The molecule has 11 nitrogen and oxygen atoms in total. The SMILES string of the molecule is COc1cc(NCc2c(F)ccc([N+](=O)[O-])c2Oc2ccccc2C(=O)O)ccc1NC(=O)COC1CCCC(C)C1C(C)C. The summed E-state index contributed by atoms with van der Waals surface area (Å²) in [5, 5.41) is 27.1. The van der Waals surface area contributed by atoms with Crippen molar-refractivity contribution in [1.82, 2.24) is 0 Å². The molecular weight excluding hydrogens is 585 g/mol. The molecule has 4 rings (SSSR count). The number of hydrogen-bond acceptors (Lipinski definition) is 8. The van der Waals surface area contributed by atoms with Crippen molar-refractivity contribution in [2.24, 2.45) is 17.8 Å². The molecule has 0 spiro atoms. The van der Waals surface area contributed by atoms with Gasteiger partial charge in [-0.05, 0) is 54.5 Å². The summed E-state index contributed by atoms with van der Waals surface area (Å²) in [6.07, 6.45) is 3.18. The van der Waals surface area contributed by atoms with E-state index in [-0.39, 0.29) is 42.0 Å². The third kappa shape index (κ3) is 8.07. The Morgan fingerprint density at radius 1 is 1.11 bits per heavy atom. The number of para-hydroxylation sites is 1. The Labute approximate surface area is 260 Å². The van der Waals surface area contributed by atoms with Crippen molar-refractivity contribution in [2.45, 2.75) is 52.7 Å². The van der Waals surface area contributed by atoms with E-state index in [1.807, 2.05) is 0 Å². The number of methoxy groups -OCH3 is 1. The zero-order valence-electron chi connectivity index (χ0n) is 25.7. The number of halogens is 1. The number of aromatic carboxylic acids is 1. The van der Waals surface area contributed by atoms with Crippen LogP contribution in [0.4, 0.5) is 21.5 Å². The van der Waals surface area contributed by atoms with Gasteiger partial charge in [0.2, 0.25) is 11.7 Å². The van der Waals surface area contributed by atoms with Gasteiger partial charge in [-0.15, -0.1) is 0 Å². The zero-order valence-corrected chi connectivity index (χ0v) is 25.7. The smallest absolute Gasteiger partial charge is 0.339 e. The Morgan fingerprint density at radius 3 is 2.56 bits per heavy atom. The van der Waals surface area contributed by atoms with Crippen molar-refractivity contribution in [3.63, 3.8) is 0 Å². The lowest BCUT2D eigenvalue weighted by Crippen LogP contribution is -2.38. The molecule has 3 aromatic rings. The Bertz CT molecular complexity index is 1550. The summed E-state index contributed by atoms with van der Waals surface area (Å²) in [5.74, 6) is -1.33. The van der Waals surface area contributed by atoms with E-state index in [4.69, 9.17) is 14.2 Å². The van der Waals surface area contributed by atoms with Gasteiger partial charge in [0, 0.05) is 24.4 Å². The molecule has 1 saturated carbocycles. The van der Waals surface area contributed by atoms with Crippen molar-refractivity contribution in [1.29, 1.82) is 0 Å². The lowest BCUT2D eigenvalue weighted by molar-refractivity contribution is -0.385. The van der Waals surface area contributed by atoms with Gasteiger partial charge < -0.3 is 30.0 Å². The molecule has 0 radical (unpaired) electrons. The molecule has 0 aromatic heterocycles. The van der Waals surface area contributed by atoms with Gasteiger partial charge in [-0.25, -0.2) is 9.18 Å². The van der Waals surface area contributed by atoms with E-state index < -0.39 is 28.1 Å². The van der Waals surface area contributed by atoms with Gasteiger partial charge in [0.15, 0.2) is 0 Å². The number of nitro benzene ring substituents is 1. The average Bonchev–Trinajstić information content (AvgIpc) is 3.00. The quantitative estimate of drug-likeness (QED) is 0.132. The lowest BCUT2D eigenvalue weighted by atomic mass is 9.72. The molecule has 240 valence electrons. The number of hydrogen-bond donors (Lipinski definition) is 3. The second-order valence-electron chi connectivity index (χ2n) is 11.4. The molecule has 3 N–H and O–H groups in total. The summed E-state index contributed by atoms with van der Waals surface area (Å²) in [7, 11) is 1.44. The molecular formula is C33H38FN3O8. The Morgan fingerprint density at radius 2 is 1.87 bits per heavy atom. The van der Waals surface area contributed by atoms with Gasteiger partial charge in [-0.2, -0.15) is 0 Å². The monoisotopic (exact) mass is 623 g/mol. The summed E-state index contributed by atoms with van der Waals surface area (Å²) in [6, 6.07) is 12.3. The number of carboxylic acids is 1. The zero-order chi connectivity index (χ0) is 32.7. The molecule has 3 unspecified atom stereocenters. The number of nitro groups is 1. The highest BCUT2D eigenvalue weighted by molar-refractivity contribution is 5.93.